The van der Waals surface area contributed by atoms with Crippen LogP contribution in [-0.4, -0.2) is 24.5 Å². The Morgan fingerprint density at radius 2 is 2.04 bits per heavy atom. The first kappa shape index (κ1) is 17.8. The van der Waals surface area contributed by atoms with E-state index in [1.807, 2.05) is 12.1 Å². The molecule has 0 saturated carbocycles. The highest BCUT2D eigenvalue weighted by molar-refractivity contribution is 9.11. The average Bonchev–Trinajstić information content (AvgIpc) is 2.89. The average molecular weight is 408 g/mol. The zero-order valence-electron chi connectivity index (χ0n) is 12.1. The van der Waals surface area contributed by atoms with Gasteiger partial charge in [-0.2, -0.15) is 13.2 Å². The Morgan fingerprint density at radius 3 is 2.65 bits per heavy atom. The first-order valence-corrected chi connectivity index (χ1v) is 8.15. The molecule has 23 heavy (non-hydrogen) atoms. The highest BCUT2D eigenvalue weighted by Gasteiger charge is 2.30. The third-order valence-electron chi connectivity index (χ3n) is 2.97. The number of carbonyl (C=O) groups excluding carboxylic acids is 1. The zero-order chi connectivity index (χ0) is 17.0. The molecule has 0 radical (unpaired) electrons. The topological polar surface area (TPSA) is 29.5 Å². The maximum atomic E-state index is 12.6. The first-order chi connectivity index (χ1) is 10.8. The van der Waals surface area contributed by atoms with Crippen molar-refractivity contribution in [2.24, 2.45) is 0 Å². The standard InChI is InChI=1S/C15H13BrF3NO2S/c1-20(8-12-5-6-13(16)23-12)14(21)9-22-11-4-2-3-10(7-11)15(17,18)19/h2-7H,8-9H2,1H3. The minimum atomic E-state index is -4.44. The van der Waals surface area contributed by atoms with Crippen LogP contribution in [0.15, 0.2) is 40.2 Å². The number of ether oxygens (including phenoxy) is 1. The highest BCUT2D eigenvalue weighted by atomic mass is 79.9. The van der Waals surface area contributed by atoms with E-state index in [-0.39, 0.29) is 18.3 Å². The van der Waals surface area contributed by atoms with Gasteiger partial charge in [0.25, 0.3) is 5.91 Å². The van der Waals surface area contributed by atoms with Gasteiger partial charge in [0, 0.05) is 11.9 Å². The largest absolute Gasteiger partial charge is 0.484 e. The van der Waals surface area contributed by atoms with Crippen LogP contribution in [0.3, 0.4) is 0 Å². The van der Waals surface area contributed by atoms with Gasteiger partial charge in [0.2, 0.25) is 0 Å². The molecule has 0 atom stereocenters. The summed E-state index contributed by atoms with van der Waals surface area (Å²) in [5.41, 5.74) is -0.806. The predicted octanol–water partition coefficient (Wildman–Crippen LogP) is 4.57. The molecule has 8 heteroatoms. The number of thiophene rings is 1. The summed E-state index contributed by atoms with van der Waals surface area (Å²) in [6.07, 6.45) is -4.44. The van der Waals surface area contributed by atoms with Crippen LogP contribution in [0, 0.1) is 0 Å². The summed E-state index contributed by atoms with van der Waals surface area (Å²) in [6, 6.07) is 8.25. The van der Waals surface area contributed by atoms with Gasteiger partial charge in [-0.25, -0.2) is 0 Å². The van der Waals surface area contributed by atoms with E-state index in [0.717, 1.165) is 20.8 Å². The summed E-state index contributed by atoms with van der Waals surface area (Å²) in [4.78, 5) is 14.4. The number of halogens is 4. The van der Waals surface area contributed by atoms with Crippen molar-refractivity contribution in [2.45, 2.75) is 12.7 Å². The molecule has 0 unspecified atom stereocenters. The van der Waals surface area contributed by atoms with Crippen LogP contribution in [-0.2, 0) is 17.5 Å². The van der Waals surface area contributed by atoms with Crippen LogP contribution in [0.1, 0.15) is 10.4 Å². The van der Waals surface area contributed by atoms with E-state index in [1.54, 1.807) is 7.05 Å². The molecule has 2 aromatic rings. The second-order valence-electron chi connectivity index (χ2n) is 4.77. The normalized spacial score (nSPS) is 11.3. The molecule has 1 heterocycles. The summed E-state index contributed by atoms with van der Waals surface area (Å²) >= 11 is 4.85. The number of nitrogens with zero attached hydrogens (tertiary/aromatic N) is 1. The van der Waals surface area contributed by atoms with Crippen molar-refractivity contribution in [3.63, 3.8) is 0 Å². The lowest BCUT2D eigenvalue weighted by molar-refractivity contribution is -0.137. The fraction of sp³-hybridized carbons (Fsp3) is 0.267. The highest BCUT2D eigenvalue weighted by Crippen LogP contribution is 2.31. The minimum Gasteiger partial charge on any atom is -0.484 e. The quantitative estimate of drug-likeness (QED) is 0.726. The lowest BCUT2D eigenvalue weighted by Crippen LogP contribution is -2.30. The summed E-state index contributed by atoms with van der Waals surface area (Å²) < 4.78 is 44.0. The predicted molar refractivity (Wildman–Crippen MR) is 85.4 cm³/mol. The second kappa shape index (κ2) is 7.35. The summed E-state index contributed by atoms with van der Waals surface area (Å²) in [6.45, 7) is 0.103. The number of alkyl halides is 3. The molecule has 3 nitrogen and oxygen atoms in total. The van der Waals surface area contributed by atoms with Gasteiger partial charge in [-0.15, -0.1) is 11.3 Å². The molecule has 1 aromatic carbocycles. The van der Waals surface area contributed by atoms with E-state index in [2.05, 4.69) is 15.9 Å². The number of benzene rings is 1. The number of likely N-dealkylation sites (N-methyl/N-ethyl adjacent to an activating group) is 1. The van der Waals surface area contributed by atoms with Gasteiger partial charge in [0.05, 0.1) is 15.9 Å². The van der Waals surface area contributed by atoms with E-state index in [1.165, 1.54) is 28.4 Å². The summed E-state index contributed by atoms with van der Waals surface area (Å²) in [5.74, 6) is -0.299. The van der Waals surface area contributed by atoms with Crippen LogP contribution in [0.5, 0.6) is 5.75 Å². The molecule has 0 saturated heterocycles. The fourth-order valence-electron chi connectivity index (χ4n) is 1.78. The van der Waals surface area contributed by atoms with E-state index in [9.17, 15) is 18.0 Å². The Kier molecular flexibility index (Phi) is 5.69. The molecule has 0 aliphatic carbocycles. The molecule has 0 bridgehead atoms. The van der Waals surface area contributed by atoms with Gasteiger partial charge in [0.15, 0.2) is 6.61 Å². The molecule has 0 aliphatic heterocycles. The van der Waals surface area contributed by atoms with Crippen molar-refractivity contribution < 1.29 is 22.7 Å². The van der Waals surface area contributed by atoms with Crippen molar-refractivity contribution in [3.05, 3.63) is 50.6 Å². The Hall–Kier alpha value is -1.54. The molecule has 0 fully saturated rings. The van der Waals surface area contributed by atoms with Gasteiger partial charge in [-0.1, -0.05) is 6.07 Å². The van der Waals surface area contributed by atoms with Crippen LogP contribution < -0.4 is 4.74 Å². The number of rotatable bonds is 5. The van der Waals surface area contributed by atoms with Crippen molar-refractivity contribution >= 4 is 33.2 Å². The Labute approximate surface area is 143 Å². The third-order valence-corrected chi connectivity index (χ3v) is 4.58. The zero-order valence-corrected chi connectivity index (χ0v) is 14.5. The van der Waals surface area contributed by atoms with Gasteiger partial charge in [0.1, 0.15) is 5.75 Å². The monoisotopic (exact) mass is 407 g/mol. The van der Waals surface area contributed by atoms with Crippen molar-refractivity contribution in [3.8, 4) is 5.75 Å². The van der Waals surface area contributed by atoms with Gasteiger partial charge < -0.3 is 9.64 Å². The molecular formula is C15H13BrF3NO2S. The van der Waals surface area contributed by atoms with Crippen molar-refractivity contribution in [2.75, 3.05) is 13.7 Å². The number of amides is 1. The lowest BCUT2D eigenvalue weighted by Gasteiger charge is -2.17. The van der Waals surface area contributed by atoms with Gasteiger partial charge in [-0.05, 0) is 46.3 Å². The first-order valence-electron chi connectivity index (χ1n) is 6.54. The van der Waals surface area contributed by atoms with E-state index in [0.29, 0.717) is 6.54 Å². The maximum Gasteiger partial charge on any atom is 0.416 e. The smallest absolute Gasteiger partial charge is 0.416 e. The van der Waals surface area contributed by atoms with Crippen LogP contribution >= 0.6 is 27.3 Å². The number of hydrogen-bond donors (Lipinski definition) is 0. The lowest BCUT2D eigenvalue weighted by atomic mass is 10.2. The summed E-state index contributed by atoms with van der Waals surface area (Å²) in [7, 11) is 1.62. The van der Waals surface area contributed by atoms with Crippen molar-refractivity contribution in [1.82, 2.24) is 4.90 Å². The third kappa shape index (κ3) is 5.24. The molecular weight excluding hydrogens is 395 g/mol. The van der Waals surface area contributed by atoms with E-state index in [4.69, 9.17) is 4.74 Å². The van der Waals surface area contributed by atoms with Crippen LogP contribution in [0.4, 0.5) is 13.2 Å². The van der Waals surface area contributed by atoms with Crippen LogP contribution in [0.2, 0.25) is 0 Å². The van der Waals surface area contributed by atoms with Gasteiger partial charge >= 0.3 is 6.18 Å². The van der Waals surface area contributed by atoms with E-state index >= 15 is 0 Å². The molecule has 0 spiro atoms. The maximum absolute atomic E-state index is 12.6. The van der Waals surface area contributed by atoms with Crippen molar-refractivity contribution in [1.29, 1.82) is 0 Å². The molecule has 124 valence electrons. The molecule has 1 aromatic heterocycles. The fourth-order valence-corrected chi connectivity index (χ4v) is 3.31. The molecule has 2 rings (SSSR count). The van der Waals surface area contributed by atoms with Gasteiger partial charge in [-0.3, -0.25) is 4.79 Å². The SMILES string of the molecule is CN(Cc1ccc(Br)s1)C(=O)COc1cccc(C(F)(F)F)c1. The van der Waals surface area contributed by atoms with Crippen LogP contribution in [0.25, 0.3) is 0 Å². The molecule has 0 aliphatic rings. The van der Waals surface area contributed by atoms with E-state index < -0.39 is 11.7 Å². The molecule has 0 N–H and O–H groups in total. The molecule has 1 amide bonds. The summed E-state index contributed by atoms with van der Waals surface area (Å²) in [5, 5.41) is 0. The minimum absolute atomic E-state index is 0.0143. The number of carbonyl (C=O) groups is 1. The second-order valence-corrected chi connectivity index (χ2v) is 7.32. The Balaban J connectivity index is 1.91. The Bertz CT molecular complexity index is 687. The Morgan fingerprint density at radius 1 is 1.30 bits per heavy atom. The number of hydrogen-bond acceptors (Lipinski definition) is 3.